The molecule has 4 heteroatoms. The lowest BCUT2D eigenvalue weighted by molar-refractivity contribution is -0.115. The maximum Gasteiger partial charge on any atom is 0.238 e. The molecule has 1 saturated heterocycles. The summed E-state index contributed by atoms with van der Waals surface area (Å²) < 4.78 is 0. The SMILES string of the molecule is Nc1cccc([C@H]2SCC(=O)N2c2ccc3c(c2)CCC3)c1. The average Bonchev–Trinajstić information content (AvgIpc) is 3.12. The Bertz CT molecular complexity index is 744. The van der Waals surface area contributed by atoms with Gasteiger partial charge in [-0.25, -0.2) is 0 Å². The third-order valence-electron chi connectivity index (χ3n) is 4.42. The van der Waals surface area contributed by atoms with E-state index < -0.39 is 0 Å². The van der Waals surface area contributed by atoms with Gasteiger partial charge in [-0.1, -0.05) is 18.2 Å². The second-order valence-electron chi connectivity index (χ2n) is 5.90. The van der Waals surface area contributed by atoms with Gasteiger partial charge in [0.15, 0.2) is 0 Å². The first-order valence-electron chi connectivity index (χ1n) is 7.63. The summed E-state index contributed by atoms with van der Waals surface area (Å²) in [6.07, 6.45) is 3.51. The van der Waals surface area contributed by atoms with Crippen LogP contribution in [0.5, 0.6) is 0 Å². The molecular formula is C18H18N2OS. The third-order valence-corrected chi connectivity index (χ3v) is 5.64. The second-order valence-corrected chi connectivity index (χ2v) is 6.97. The molecule has 1 fully saturated rings. The van der Waals surface area contributed by atoms with E-state index in [-0.39, 0.29) is 11.3 Å². The minimum absolute atomic E-state index is 0.0236. The highest BCUT2D eigenvalue weighted by Crippen LogP contribution is 2.43. The van der Waals surface area contributed by atoms with Crippen molar-refractivity contribution < 1.29 is 4.79 Å². The smallest absolute Gasteiger partial charge is 0.238 e. The van der Waals surface area contributed by atoms with Crippen LogP contribution >= 0.6 is 11.8 Å². The van der Waals surface area contributed by atoms with E-state index in [9.17, 15) is 4.79 Å². The lowest BCUT2D eigenvalue weighted by Crippen LogP contribution is -2.27. The number of benzene rings is 2. The fourth-order valence-corrected chi connectivity index (χ4v) is 4.54. The number of aryl methyl sites for hydroxylation is 2. The van der Waals surface area contributed by atoms with Gasteiger partial charge in [0.25, 0.3) is 0 Å². The van der Waals surface area contributed by atoms with E-state index >= 15 is 0 Å². The lowest BCUT2D eigenvalue weighted by atomic mass is 10.1. The molecule has 1 atom stereocenters. The van der Waals surface area contributed by atoms with E-state index in [1.807, 2.05) is 29.2 Å². The number of hydrogen-bond donors (Lipinski definition) is 1. The zero-order chi connectivity index (χ0) is 15.1. The largest absolute Gasteiger partial charge is 0.399 e. The summed E-state index contributed by atoms with van der Waals surface area (Å²) >= 11 is 1.67. The number of carbonyl (C=O) groups is 1. The van der Waals surface area contributed by atoms with Crippen LogP contribution in [0.25, 0.3) is 0 Å². The second kappa shape index (κ2) is 5.36. The fourth-order valence-electron chi connectivity index (χ4n) is 3.37. The minimum atomic E-state index is 0.0236. The third kappa shape index (κ3) is 2.28. The van der Waals surface area contributed by atoms with Gasteiger partial charge in [-0.2, -0.15) is 0 Å². The molecule has 0 spiro atoms. The van der Waals surface area contributed by atoms with Crippen LogP contribution in [0.4, 0.5) is 11.4 Å². The Kier molecular flexibility index (Phi) is 3.34. The molecule has 112 valence electrons. The van der Waals surface area contributed by atoms with Crippen molar-refractivity contribution in [2.24, 2.45) is 0 Å². The minimum Gasteiger partial charge on any atom is -0.399 e. The molecule has 2 aliphatic rings. The molecule has 2 aromatic rings. The number of fused-ring (bicyclic) bond motifs is 1. The number of nitrogen functional groups attached to an aromatic ring is 1. The van der Waals surface area contributed by atoms with E-state index in [0.29, 0.717) is 5.75 Å². The van der Waals surface area contributed by atoms with E-state index in [1.165, 1.54) is 17.5 Å². The van der Waals surface area contributed by atoms with Crippen molar-refractivity contribution in [3.8, 4) is 0 Å². The van der Waals surface area contributed by atoms with Gasteiger partial charge in [-0.3, -0.25) is 9.69 Å². The van der Waals surface area contributed by atoms with Gasteiger partial charge < -0.3 is 5.73 Å². The van der Waals surface area contributed by atoms with Gasteiger partial charge >= 0.3 is 0 Å². The molecule has 0 unspecified atom stereocenters. The molecule has 0 radical (unpaired) electrons. The predicted molar refractivity (Wildman–Crippen MR) is 92.0 cm³/mol. The fraction of sp³-hybridized carbons (Fsp3) is 0.278. The molecule has 2 N–H and O–H groups in total. The van der Waals surface area contributed by atoms with Crippen LogP contribution < -0.4 is 10.6 Å². The van der Waals surface area contributed by atoms with Crippen molar-refractivity contribution in [1.29, 1.82) is 0 Å². The van der Waals surface area contributed by atoms with Crippen LogP contribution in [0.15, 0.2) is 42.5 Å². The summed E-state index contributed by atoms with van der Waals surface area (Å²) in [5.74, 6) is 0.701. The number of thioether (sulfide) groups is 1. The first-order chi connectivity index (χ1) is 10.7. The van der Waals surface area contributed by atoms with Crippen molar-refractivity contribution in [3.05, 3.63) is 59.2 Å². The predicted octanol–water partition coefficient (Wildman–Crippen LogP) is 3.54. The van der Waals surface area contributed by atoms with Crippen LogP contribution in [0.3, 0.4) is 0 Å². The van der Waals surface area contributed by atoms with Crippen LogP contribution in [-0.2, 0) is 17.6 Å². The average molecular weight is 310 g/mol. The summed E-state index contributed by atoms with van der Waals surface area (Å²) in [6.45, 7) is 0. The Morgan fingerprint density at radius 1 is 1.09 bits per heavy atom. The zero-order valence-corrected chi connectivity index (χ0v) is 13.1. The Labute approximate surface area is 134 Å². The van der Waals surface area contributed by atoms with E-state index in [1.54, 1.807) is 11.8 Å². The van der Waals surface area contributed by atoms with Crippen molar-refractivity contribution >= 4 is 29.0 Å². The van der Waals surface area contributed by atoms with Crippen LogP contribution in [0.2, 0.25) is 0 Å². The first-order valence-corrected chi connectivity index (χ1v) is 8.68. The number of nitrogens with zero attached hydrogens (tertiary/aromatic N) is 1. The number of carbonyl (C=O) groups excluding carboxylic acids is 1. The molecule has 3 nitrogen and oxygen atoms in total. The number of hydrogen-bond acceptors (Lipinski definition) is 3. The molecule has 1 aliphatic carbocycles. The highest BCUT2D eigenvalue weighted by molar-refractivity contribution is 8.00. The molecule has 0 saturated carbocycles. The van der Waals surface area contributed by atoms with E-state index in [0.717, 1.165) is 29.8 Å². The molecule has 4 rings (SSSR count). The Morgan fingerprint density at radius 3 is 2.82 bits per heavy atom. The Morgan fingerprint density at radius 2 is 1.95 bits per heavy atom. The lowest BCUT2D eigenvalue weighted by Gasteiger charge is -2.25. The molecule has 1 aliphatic heterocycles. The number of nitrogens with two attached hydrogens (primary N) is 1. The molecule has 0 bridgehead atoms. The maximum absolute atomic E-state index is 12.4. The monoisotopic (exact) mass is 310 g/mol. The zero-order valence-electron chi connectivity index (χ0n) is 12.3. The number of anilines is 2. The van der Waals surface area contributed by atoms with Gasteiger partial charge in [0.05, 0.1) is 5.75 Å². The molecule has 22 heavy (non-hydrogen) atoms. The molecule has 0 aromatic heterocycles. The van der Waals surface area contributed by atoms with Crippen LogP contribution in [-0.4, -0.2) is 11.7 Å². The van der Waals surface area contributed by atoms with Gasteiger partial charge in [-0.15, -0.1) is 11.8 Å². The Balaban J connectivity index is 1.73. The maximum atomic E-state index is 12.4. The highest BCUT2D eigenvalue weighted by atomic mass is 32.2. The van der Waals surface area contributed by atoms with E-state index in [2.05, 4.69) is 18.2 Å². The summed E-state index contributed by atoms with van der Waals surface area (Å²) in [5.41, 5.74) is 11.6. The molecule has 1 amide bonds. The highest BCUT2D eigenvalue weighted by Gasteiger charge is 2.34. The standard InChI is InChI=1S/C18H18N2OS/c19-15-6-2-5-14(9-15)18-20(17(21)11-22-18)16-8-7-12-3-1-4-13(12)10-16/h2,5-10,18H,1,3-4,11,19H2/t18-/m1/s1. The first kappa shape index (κ1) is 13.7. The van der Waals surface area contributed by atoms with Gasteiger partial charge in [0.2, 0.25) is 5.91 Å². The van der Waals surface area contributed by atoms with Crippen LogP contribution in [0, 0.1) is 0 Å². The van der Waals surface area contributed by atoms with E-state index in [4.69, 9.17) is 5.73 Å². The summed E-state index contributed by atoms with van der Waals surface area (Å²) in [6, 6.07) is 14.3. The van der Waals surface area contributed by atoms with Gasteiger partial charge in [-0.05, 0) is 60.2 Å². The summed E-state index contributed by atoms with van der Waals surface area (Å²) in [7, 11) is 0. The van der Waals surface area contributed by atoms with Crippen molar-refractivity contribution in [1.82, 2.24) is 0 Å². The molecular weight excluding hydrogens is 292 g/mol. The van der Waals surface area contributed by atoms with Gasteiger partial charge in [0, 0.05) is 11.4 Å². The normalized spacial score (nSPS) is 20.5. The molecule has 2 aromatic carbocycles. The number of rotatable bonds is 2. The topological polar surface area (TPSA) is 46.3 Å². The quantitative estimate of drug-likeness (QED) is 0.863. The molecule has 1 heterocycles. The Hall–Kier alpha value is -1.94. The van der Waals surface area contributed by atoms with Crippen molar-refractivity contribution in [3.63, 3.8) is 0 Å². The van der Waals surface area contributed by atoms with Crippen molar-refractivity contribution in [2.45, 2.75) is 24.6 Å². The summed E-state index contributed by atoms with van der Waals surface area (Å²) in [4.78, 5) is 14.3. The van der Waals surface area contributed by atoms with Crippen LogP contribution in [0.1, 0.15) is 28.5 Å². The van der Waals surface area contributed by atoms with Gasteiger partial charge in [0.1, 0.15) is 5.37 Å². The van der Waals surface area contributed by atoms with Crippen molar-refractivity contribution in [2.75, 3.05) is 16.4 Å². The number of amides is 1. The summed E-state index contributed by atoms with van der Waals surface area (Å²) in [5, 5.41) is 0.0236.